The molecule has 0 spiro atoms. The number of hydrogen-bond acceptors (Lipinski definition) is 5. The lowest BCUT2D eigenvalue weighted by molar-refractivity contribution is -0.159. The fourth-order valence-corrected chi connectivity index (χ4v) is 4.77. The Morgan fingerprint density at radius 2 is 2.03 bits per heavy atom. The Morgan fingerprint density at radius 3 is 2.76 bits per heavy atom. The van der Waals surface area contributed by atoms with E-state index in [2.05, 4.69) is 20.0 Å². The molecule has 1 N–H and O–H groups in total. The Hall–Kier alpha value is -2.91. The molecular weight excluding hydrogens is 457 g/mol. The fourth-order valence-electron chi connectivity index (χ4n) is 4.58. The van der Waals surface area contributed by atoms with Gasteiger partial charge < -0.3 is 14.7 Å². The lowest BCUT2D eigenvalue weighted by Crippen LogP contribution is -2.48. The second-order valence-electron chi connectivity index (χ2n) is 8.40. The highest BCUT2D eigenvalue weighted by Crippen LogP contribution is 2.37. The number of amides is 1. The zero-order valence-corrected chi connectivity index (χ0v) is 18.4. The lowest BCUT2D eigenvalue weighted by atomic mass is 9.85. The average Bonchev–Trinajstić information content (AvgIpc) is 3.41. The van der Waals surface area contributed by atoms with Crippen molar-refractivity contribution < 1.29 is 22.5 Å². The second-order valence-corrected chi connectivity index (χ2v) is 8.81. The molecule has 33 heavy (non-hydrogen) atoms. The lowest BCUT2D eigenvalue weighted by Gasteiger charge is -2.38. The van der Waals surface area contributed by atoms with Gasteiger partial charge in [-0.3, -0.25) is 4.79 Å². The topological polar surface area (TPSA) is 71.3 Å². The second kappa shape index (κ2) is 8.14. The Morgan fingerprint density at radius 1 is 1.21 bits per heavy atom. The first-order chi connectivity index (χ1) is 15.7. The van der Waals surface area contributed by atoms with Crippen LogP contribution in [0, 0.1) is 6.92 Å². The molecule has 0 bridgehead atoms. The normalized spacial score (nSPS) is 20.9. The van der Waals surface area contributed by atoms with Crippen LogP contribution in [0.5, 0.6) is 0 Å². The van der Waals surface area contributed by atoms with Gasteiger partial charge in [0.2, 0.25) is 5.82 Å². The van der Waals surface area contributed by atoms with Gasteiger partial charge >= 0.3 is 12.1 Å². The molecule has 2 aliphatic rings. The summed E-state index contributed by atoms with van der Waals surface area (Å²) in [6, 6.07) is 10.9. The van der Waals surface area contributed by atoms with E-state index in [9.17, 15) is 18.0 Å². The molecule has 1 fully saturated rings. The molecule has 2 aromatic carbocycles. The summed E-state index contributed by atoms with van der Waals surface area (Å²) in [4.78, 5) is 18.7. The van der Waals surface area contributed by atoms with Crippen molar-refractivity contribution in [3.63, 3.8) is 0 Å². The maximum absolute atomic E-state index is 13.4. The van der Waals surface area contributed by atoms with Crippen LogP contribution in [0.15, 0.2) is 40.9 Å². The Bertz CT molecular complexity index is 1230. The summed E-state index contributed by atoms with van der Waals surface area (Å²) in [7, 11) is 0. The van der Waals surface area contributed by atoms with E-state index in [1.54, 1.807) is 18.2 Å². The summed E-state index contributed by atoms with van der Waals surface area (Å²) >= 11 is 6.36. The van der Waals surface area contributed by atoms with Gasteiger partial charge in [0.25, 0.3) is 5.91 Å². The predicted molar refractivity (Wildman–Crippen MR) is 115 cm³/mol. The molecule has 10 heteroatoms. The van der Waals surface area contributed by atoms with E-state index in [-0.39, 0.29) is 23.7 Å². The summed E-state index contributed by atoms with van der Waals surface area (Å²) in [6.45, 7) is 3.89. The van der Waals surface area contributed by atoms with Crippen LogP contribution < -0.4 is 5.32 Å². The van der Waals surface area contributed by atoms with Gasteiger partial charge in [0.15, 0.2) is 0 Å². The number of carbonyl (C=O) groups excluding carboxylic acids is 1. The third kappa shape index (κ3) is 4.00. The van der Waals surface area contributed by atoms with Gasteiger partial charge in [0, 0.05) is 41.2 Å². The molecule has 0 aliphatic carbocycles. The van der Waals surface area contributed by atoms with Crippen molar-refractivity contribution in [1.82, 2.24) is 20.4 Å². The number of nitrogens with one attached hydrogen (secondary N) is 1. The van der Waals surface area contributed by atoms with Gasteiger partial charge in [-0.25, -0.2) is 0 Å². The minimum absolute atomic E-state index is 0.0321. The van der Waals surface area contributed by atoms with Crippen molar-refractivity contribution in [3.8, 4) is 11.4 Å². The standard InChI is InChI=1S/C23H20ClF3N4O2/c1-12-2-3-13(9-18(12)24)17-10-28-7-6-19(17)31-11-15-5-4-14(8-16(15)21(31)32)20-29-22(33-30-20)23(25,26)27/h2-5,8-9,17,19,28H,6-7,10-11H2,1H3/t17-,19+/m0/s1. The average molecular weight is 477 g/mol. The fraction of sp³-hybridized carbons (Fsp3) is 0.348. The first-order valence-corrected chi connectivity index (χ1v) is 10.9. The van der Waals surface area contributed by atoms with Crippen LogP contribution in [-0.2, 0) is 12.7 Å². The van der Waals surface area contributed by atoms with E-state index in [4.69, 9.17) is 11.6 Å². The minimum atomic E-state index is -4.72. The number of piperidine rings is 1. The van der Waals surface area contributed by atoms with E-state index >= 15 is 0 Å². The molecule has 1 aromatic heterocycles. The summed E-state index contributed by atoms with van der Waals surface area (Å²) in [5.41, 5.74) is 3.63. The number of nitrogens with zero attached hydrogens (tertiary/aromatic N) is 3. The first-order valence-electron chi connectivity index (χ1n) is 10.5. The number of carbonyl (C=O) groups is 1. The maximum Gasteiger partial charge on any atom is 0.471 e. The smallest absolute Gasteiger partial charge is 0.331 e. The van der Waals surface area contributed by atoms with Crippen LogP contribution in [0.1, 0.15) is 45.3 Å². The highest BCUT2D eigenvalue weighted by molar-refractivity contribution is 6.31. The Kier molecular flexibility index (Phi) is 5.41. The van der Waals surface area contributed by atoms with Crippen molar-refractivity contribution >= 4 is 17.5 Å². The van der Waals surface area contributed by atoms with Gasteiger partial charge in [-0.05, 0) is 48.7 Å². The van der Waals surface area contributed by atoms with Crippen LogP contribution in [0.4, 0.5) is 13.2 Å². The van der Waals surface area contributed by atoms with Crippen LogP contribution in [-0.4, -0.2) is 40.1 Å². The van der Waals surface area contributed by atoms with E-state index in [1.165, 1.54) is 0 Å². The highest BCUT2D eigenvalue weighted by atomic mass is 35.5. The first kappa shape index (κ1) is 21.9. The summed E-state index contributed by atoms with van der Waals surface area (Å²) in [5, 5.41) is 7.52. The van der Waals surface area contributed by atoms with Crippen LogP contribution >= 0.6 is 11.6 Å². The molecule has 1 amide bonds. The zero-order chi connectivity index (χ0) is 23.3. The molecule has 6 nitrogen and oxygen atoms in total. The molecule has 2 atom stereocenters. The largest absolute Gasteiger partial charge is 0.471 e. The van der Waals surface area contributed by atoms with E-state index in [0.29, 0.717) is 22.7 Å². The zero-order valence-electron chi connectivity index (χ0n) is 17.6. The number of benzene rings is 2. The molecule has 1 saturated heterocycles. The Balaban J connectivity index is 1.43. The maximum atomic E-state index is 13.4. The van der Waals surface area contributed by atoms with Gasteiger partial charge in [0.05, 0.1) is 0 Å². The molecule has 0 unspecified atom stereocenters. The third-order valence-electron chi connectivity index (χ3n) is 6.34. The predicted octanol–water partition coefficient (Wildman–Crippen LogP) is 4.82. The molecule has 5 rings (SSSR count). The molecule has 3 heterocycles. The Labute approximate surface area is 192 Å². The third-order valence-corrected chi connectivity index (χ3v) is 6.75. The van der Waals surface area contributed by atoms with Gasteiger partial charge in [-0.2, -0.15) is 18.2 Å². The van der Waals surface area contributed by atoms with E-state index < -0.39 is 12.1 Å². The van der Waals surface area contributed by atoms with Gasteiger partial charge in [0.1, 0.15) is 0 Å². The number of aromatic nitrogens is 2. The summed E-state index contributed by atoms with van der Waals surface area (Å²) in [5.74, 6) is -1.70. The van der Waals surface area contributed by atoms with Crippen LogP contribution in [0.2, 0.25) is 5.02 Å². The summed E-state index contributed by atoms with van der Waals surface area (Å²) in [6.07, 6.45) is -3.94. The number of rotatable bonds is 3. The highest BCUT2D eigenvalue weighted by Gasteiger charge is 2.40. The molecule has 172 valence electrons. The van der Waals surface area contributed by atoms with Gasteiger partial charge in [-0.1, -0.05) is 41.0 Å². The molecular formula is C23H20ClF3N4O2. The number of alkyl halides is 3. The van der Waals surface area contributed by atoms with Crippen molar-refractivity contribution in [1.29, 1.82) is 0 Å². The quantitative estimate of drug-likeness (QED) is 0.587. The number of halogens is 4. The SMILES string of the molecule is Cc1ccc([C@@H]2CNCC[C@H]2N2Cc3ccc(-c4noc(C(F)(F)F)n4)cc3C2=O)cc1Cl. The van der Waals surface area contributed by atoms with Crippen molar-refractivity contribution in [2.75, 3.05) is 13.1 Å². The number of fused-ring (bicyclic) bond motifs is 1. The molecule has 3 aromatic rings. The minimum Gasteiger partial charge on any atom is -0.331 e. The molecule has 0 radical (unpaired) electrons. The molecule has 2 aliphatic heterocycles. The van der Waals surface area contributed by atoms with Crippen molar-refractivity contribution in [3.05, 3.63) is 69.6 Å². The van der Waals surface area contributed by atoms with E-state index in [0.717, 1.165) is 36.2 Å². The summed E-state index contributed by atoms with van der Waals surface area (Å²) < 4.78 is 42.8. The van der Waals surface area contributed by atoms with Crippen molar-refractivity contribution in [2.24, 2.45) is 0 Å². The molecule has 0 saturated carbocycles. The monoisotopic (exact) mass is 476 g/mol. The van der Waals surface area contributed by atoms with Crippen molar-refractivity contribution in [2.45, 2.75) is 38.0 Å². The van der Waals surface area contributed by atoms with E-state index in [1.807, 2.05) is 30.0 Å². The van der Waals surface area contributed by atoms with Crippen LogP contribution in [0.3, 0.4) is 0 Å². The number of hydrogen-bond donors (Lipinski definition) is 1. The number of aryl methyl sites for hydroxylation is 1. The van der Waals surface area contributed by atoms with Gasteiger partial charge in [-0.15, -0.1) is 0 Å². The van der Waals surface area contributed by atoms with Crippen LogP contribution in [0.25, 0.3) is 11.4 Å².